The van der Waals surface area contributed by atoms with E-state index in [0.717, 1.165) is 10.4 Å². The molecule has 0 atom stereocenters. The number of sulfonamides is 1. The summed E-state index contributed by atoms with van der Waals surface area (Å²) < 4.78 is 29.8. The van der Waals surface area contributed by atoms with E-state index in [4.69, 9.17) is 9.88 Å². The summed E-state index contributed by atoms with van der Waals surface area (Å²) in [6.45, 7) is 1.72. The molecule has 0 radical (unpaired) electrons. The van der Waals surface area contributed by atoms with E-state index in [1.807, 2.05) is 42.5 Å². The van der Waals surface area contributed by atoms with Crippen LogP contribution in [0.15, 0.2) is 71.6 Å². The third kappa shape index (κ3) is 4.33. The minimum absolute atomic E-state index is 0.120. The lowest BCUT2D eigenvalue weighted by Gasteiger charge is -2.07. The molecule has 0 fully saturated rings. The number of hydrogen-bond donors (Lipinski definition) is 2. The maximum Gasteiger partial charge on any atom is 0.257 e. The molecule has 0 saturated heterocycles. The first-order valence-corrected chi connectivity index (χ1v) is 11.2. The maximum absolute atomic E-state index is 12.7. The van der Waals surface area contributed by atoms with Gasteiger partial charge in [0.1, 0.15) is 11.5 Å². The molecule has 4 rings (SSSR count). The van der Waals surface area contributed by atoms with Crippen molar-refractivity contribution >= 4 is 42.6 Å². The number of thiazole rings is 1. The average molecular weight is 440 g/mol. The van der Waals surface area contributed by atoms with Crippen LogP contribution in [-0.2, 0) is 10.0 Å². The number of amides is 1. The fourth-order valence-electron chi connectivity index (χ4n) is 2.83. The number of rotatable bonds is 5. The van der Waals surface area contributed by atoms with Gasteiger partial charge in [-0.25, -0.2) is 18.5 Å². The average Bonchev–Trinajstić information content (AvgIpc) is 3.09. The number of hydrogen-bond acceptors (Lipinski definition) is 6. The second kappa shape index (κ2) is 7.86. The predicted octanol–water partition coefficient (Wildman–Crippen LogP) is 4.30. The Hall–Kier alpha value is -3.27. The van der Waals surface area contributed by atoms with Crippen molar-refractivity contribution in [1.82, 2.24) is 4.98 Å². The van der Waals surface area contributed by atoms with Crippen molar-refractivity contribution in [1.29, 1.82) is 0 Å². The zero-order valence-electron chi connectivity index (χ0n) is 15.8. The summed E-state index contributed by atoms with van der Waals surface area (Å²) in [5.41, 5.74) is 1.55. The summed E-state index contributed by atoms with van der Waals surface area (Å²) in [4.78, 5) is 17.0. The van der Waals surface area contributed by atoms with Gasteiger partial charge in [0.15, 0.2) is 5.13 Å². The Morgan fingerprint density at radius 2 is 1.80 bits per heavy atom. The third-order valence-electron chi connectivity index (χ3n) is 4.34. The van der Waals surface area contributed by atoms with E-state index in [2.05, 4.69) is 10.3 Å². The van der Waals surface area contributed by atoms with Gasteiger partial charge in [-0.2, -0.15) is 0 Å². The van der Waals surface area contributed by atoms with E-state index in [-0.39, 0.29) is 10.5 Å². The Labute approximate surface area is 177 Å². The Morgan fingerprint density at radius 3 is 2.53 bits per heavy atom. The van der Waals surface area contributed by atoms with Crippen LogP contribution in [0.2, 0.25) is 0 Å². The monoisotopic (exact) mass is 439 g/mol. The van der Waals surface area contributed by atoms with Crippen LogP contribution in [0.25, 0.3) is 10.2 Å². The van der Waals surface area contributed by atoms with Gasteiger partial charge in [0.25, 0.3) is 5.91 Å². The second-order valence-electron chi connectivity index (χ2n) is 6.54. The van der Waals surface area contributed by atoms with Crippen LogP contribution in [0.5, 0.6) is 11.5 Å². The fraction of sp³-hybridized carbons (Fsp3) is 0.0476. The number of benzene rings is 3. The molecular weight excluding hydrogens is 422 g/mol. The van der Waals surface area contributed by atoms with Crippen molar-refractivity contribution in [2.75, 3.05) is 5.32 Å². The molecule has 0 unspecified atom stereocenters. The molecule has 0 spiro atoms. The van der Waals surface area contributed by atoms with Crippen LogP contribution < -0.4 is 15.2 Å². The number of nitrogens with two attached hydrogens (primary N) is 1. The molecule has 30 heavy (non-hydrogen) atoms. The molecule has 0 aliphatic carbocycles. The molecule has 4 aromatic rings. The quantitative estimate of drug-likeness (QED) is 0.482. The van der Waals surface area contributed by atoms with Crippen molar-refractivity contribution in [3.63, 3.8) is 0 Å². The molecule has 0 aliphatic rings. The van der Waals surface area contributed by atoms with Gasteiger partial charge in [0.05, 0.1) is 15.1 Å². The Kier molecular flexibility index (Phi) is 5.25. The topological polar surface area (TPSA) is 111 Å². The predicted molar refractivity (Wildman–Crippen MR) is 117 cm³/mol. The number of aromatic nitrogens is 1. The number of anilines is 1. The lowest BCUT2D eigenvalue weighted by atomic mass is 10.1. The largest absolute Gasteiger partial charge is 0.457 e. The van der Waals surface area contributed by atoms with Crippen molar-refractivity contribution < 1.29 is 17.9 Å². The standard InChI is InChI=1S/C21H17N3O4S2/c1-13-7-9-16(30(22,26)27)12-17(13)20(25)24-21-23-18-10-8-15(11-19(18)29-21)28-14-5-3-2-4-6-14/h2-12H,1H3,(H2,22,26,27)(H,23,24,25). The maximum atomic E-state index is 12.7. The molecule has 1 aromatic heterocycles. The normalized spacial score (nSPS) is 11.4. The van der Waals surface area contributed by atoms with E-state index in [1.54, 1.807) is 19.1 Å². The third-order valence-corrected chi connectivity index (χ3v) is 6.19. The molecule has 3 N–H and O–H groups in total. The van der Waals surface area contributed by atoms with Crippen LogP contribution in [0.1, 0.15) is 15.9 Å². The van der Waals surface area contributed by atoms with Crippen LogP contribution in [0.4, 0.5) is 5.13 Å². The summed E-state index contributed by atoms with van der Waals surface area (Å²) in [5, 5.41) is 8.29. The van der Waals surface area contributed by atoms with Gasteiger partial charge in [-0.1, -0.05) is 35.6 Å². The summed E-state index contributed by atoms with van der Waals surface area (Å²) in [7, 11) is -3.91. The number of carbonyl (C=O) groups excluding carboxylic acids is 1. The molecule has 152 valence electrons. The van der Waals surface area contributed by atoms with E-state index >= 15 is 0 Å². The lowest BCUT2D eigenvalue weighted by Crippen LogP contribution is -2.16. The minimum Gasteiger partial charge on any atom is -0.457 e. The number of ether oxygens (including phenoxy) is 1. The Morgan fingerprint density at radius 1 is 1.03 bits per heavy atom. The van der Waals surface area contributed by atoms with Gasteiger partial charge >= 0.3 is 0 Å². The van der Waals surface area contributed by atoms with Gasteiger partial charge in [0.2, 0.25) is 10.0 Å². The Balaban J connectivity index is 1.58. The first-order chi connectivity index (χ1) is 14.3. The van der Waals surface area contributed by atoms with Crippen LogP contribution >= 0.6 is 11.3 Å². The van der Waals surface area contributed by atoms with Gasteiger partial charge in [-0.3, -0.25) is 10.1 Å². The second-order valence-corrected chi connectivity index (χ2v) is 9.13. The zero-order chi connectivity index (χ0) is 21.3. The fourth-order valence-corrected chi connectivity index (χ4v) is 4.26. The van der Waals surface area contributed by atoms with Crippen LogP contribution in [0.3, 0.4) is 0 Å². The van der Waals surface area contributed by atoms with Crippen molar-refractivity contribution in [2.24, 2.45) is 5.14 Å². The number of fused-ring (bicyclic) bond motifs is 1. The number of primary sulfonamides is 1. The number of para-hydroxylation sites is 1. The van der Waals surface area contributed by atoms with Gasteiger partial charge in [-0.05, 0) is 48.9 Å². The first kappa shape index (κ1) is 20.0. The lowest BCUT2D eigenvalue weighted by molar-refractivity contribution is 0.102. The molecule has 1 heterocycles. The van der Waals surface area contributed by atoms with Crippen molar-refractivity contribution in [3.8, 4) is 11.5 Å². The van der Waals surface area contributed by atoms with E-state index in [1.165, 1.54) is 23.5 Å². The number of aryl methyl sites for hydroxylation is 1. The summed E-state index contributed by atoms with van der Waals surface area (Å²) in [6.07, 6.45) is 0. The van der Waals surface area contributed by atoms with E-state index in [0.29, 0.717) is 22.0 Å². The van der Waals surface area contributed by atoms with Crippen molar-refractivity contribution in [3.05, 3.63) is 77.9 Å². The zero-order valence-corrected chi connectivity index (χ0v) is 17.5. The molecular formula is C21H17N3O4S2. The molecule has 1 amide bonds. The molecule has 3 aromatic carbocycles. The SMILES string of the molecule is Cc1ccc(S(N)(=O)=O)cc1C(=O)Nc1nc2ccc(Oc3ccccc3)cc2s1. The Bertz CT molecular complexity index is 1350. The molecule has 0 saturated carbocycles. The highest BCUT2D eigenvalue weighted by Crippen LogP contribution is 2.31. The van der Waals surface area contributed by atoms with Crippen LogP contribution in [0, 0.1) is 6.92 Å². The van der Waals surface area contributed by atoms with Gasteiger partial charge < -0.3 is 4.74 Å². The summed E-state index contributed by atoms with van der Waals surface area (Å²) in [6, 6.07) is 19.1. The van der Waals surface area contributed by atoms with E-state index in [9.17, 15) is 13.2 Å². The van der Waals surface area contributed by atoms with Crippen LogP contribution in [-0.4, -0.2) is 19.3 Å². The molecule has 0 bridgehead atoms. The first-order valence-electron chi connectivity index (χ1n) is 8.88. The van der Waals surface area contributed by atoms with Gasteiger partial charge in [-0.15, -0.1) is 0 Å². The summed E-state index contributed by atoms with van der Waals surface area (Å²) in [5.74, 6) is 0.921. The molecule has 0 aliphatic heterocycles. The highest BCUT2D eigenvalue weighted by molar-refractivity contribution is 7.89. The molecule has 7 nitrogen and oxygen atoms in total. The highest BCUT2D eigenvalue weighted by Gasteiger charge is 2.16. The van der Waals surface area contributed by atoms with Gasteiger partial charge in [0, 0.05) is 11.6 Å². The smallest absolute Gasteiger partial charge is 0.257 e. The number of nitrogens with one attached hydrogen (secondary N) is 1. The van der Waals surface area contributed by atoms with Crippen molar-refractivity contribution in [2.45, 2.75) is 11.8 Å². The summed E-state index contributed by atoms with van der Waals surface area (Å²) >= 11 is 1.29. The number of carbonyl (C=O) groups is 1. The number of nitrogens with zero attached hydrogens (tertiary/aromatic N) is 1. The minimum atomic E-state index is -3.91. The molecule has 9 heteroatoms. The van der Waals surface area contributed by atoms with E-state index < -0.39 is 15.9 Å². The highest BCUT2D eigenvalue weighted by atomic mass is 32.2.